The van der Waals surface area contributed by atoms with E-state index in [2.05, 4.69) is 29.0 Å². The zero-order chi connectivity index (χ0) is 28.3. The highest BCUT2D eigenvalue weighted by Gasteiger charge is 2.85. The van der Waals surface area contributed by atoms with E-state index in [1.54, 1.807) is 6.92 Å². The molecule has 0 spiro atoms. The number of fused-ring (bicyclic) bond motifs is 4. The molecule has 0 radical (unpaired) electrons. The minimum absolute atomic E-state index is 0.0284. The first-order valence-corrected chi connectivity index (χ1v) is 12.3. The largest absolute Gasteiger partial charge is 0.507 e. The standard InChI is InChI=1S/C30H19NO9/c1-12-19(28(37)38)27(39-2)13-7-5-3-4-6-8-18-29(12)30(13,40-29)14-11-17(34)22-23(24(14)31-18)26(36)21-16(33)10-9-15(32)20(21)25(22)35/h3-4,9-13,18,31-34H,1-2H3,(H,37,38)/b4-3-/t12-,13-,18-,29-,30+/m0/s1. The summed E-state index contributed by atoms with van der Waals surface area (Å²) in [6, 6.07) is 2.60. The molecule has 40 heavy (non-hydrogen) atoms. The number of hydrogen-bond acceptors (Lipinski definition) is 9. The van der Waals surface area contributed by atoms with E-state index in [4.69, 9.17) is 9.47 Å². The fourth-order valence-electron chi connectivity index (χ4n) is 6.93. The molecule has 4 bridgehead atoms. The molecule has 5 atom stereocenters. The third-order valence-corrected chi connectivity index (χ3v) is 8.53. The highest BCUT2D eigenvalue weighted by molar-refractivity contribution is 6.33. The number of anilines is 1. The van der Waals surface area contributed by atoms with Crippen molar-refractivity contribution in [1.29, 1.82) is 0 Å². The van der Waals surface area contributed by atoms with Gasteiger partial charge in [0.25, 0.3) is 0 Å². The lowest BCUT2D eigenvalue weighted by Crippen LogP contribution is -2.55. The maximum Gasteiger partial charge on any atom is 0.335 e. The number of phenols is 3. The van der Waals surface area contributed by atoms with Crippen LogP contribution in [0.3, 0.4) is 0 Å². The summed E-state index contributed by atoms with van der Waals surface area (Å²) in [5, 5.41) is 45.5. The normalized spacial score (nSPS) is 30.5. The Balaban J connectivity index is 1.59. The van der Waals surface area contributed by atoms with Crippen molar-refractivity contribution in [2.24, 2.45) is 11.8 Å². The highest BCUT2D eigenvalue weighted by atomic mass is 16.6. The maximum atomic E-state index is 13.9. The monoisotopic (exact) mass is 537 g/mol. The third-order valence-electron chi connectivity index (χ3n) is 8.53. The first-order valence-electron chi connectivity index (χ1n) is 12.3. The second-order valence-electron chi connectivity index (χ2n) is 10.1. The lowest BCUT2D eigenvalue weighted by Gasteiger charge is -2.43. The minimum Gasteiger partial charge on any atom is -0.507 e. The molecule has 0 unspecified atom stereocenters. The first kappa shape index (κ1) is 23.9. The molecular formula is C30H19NO9. The van der Waals surface area contributed by atoms with Gasteiger partial charge in [-0.15, -0.1) is 0 Å². The quantitative estimate of drug-likeness (QED) is 0.186. The molecule has 0 saturated carbocycles. The molecule has 10 nitrogen and oxygen atoms in total. The number of ketones is 2. The SMILES string of the molecule is COC1=C(C(=O)O)[C@H](C)[C@@]23O[C@]24c2cc(O)c5c(c2N[C@H]3C#C/C=C\C#C[C@@H]14)C(=O)c1c(O)ccc(O)c1C5=O. The van der Waals surface area contributed by atoms with Gasteiger partial charge in [0.1, 0.15) is 46.2 Å². The summed E-state index contributed by atoms with van der Waals surface area (Å²) in [5.74, 6) is 5.71. The number of nitrogens with one attached hydrogen (secondary N) is 1. The number of epoxide rings is 1. The summed E-state index contributed by atoms with van der Waals surface area (Å²) in [4.78, 5) is 40.0. The minimum atomic E-state index is -1.41. The molecule has 10 heteroatoms. The molecular weight excluding hydrogens is 518 g/mol. The van der Waals surface area contributed by atoms with E-state index < -0.39 is 75.0 Å². The van der Waals surface area contributed by atoms with Crippen molar-refractivity contribution in [3.63, 3.8) is 0 Å². The van der Waals surface area contributed by atoms with Crippen molar-refractivity contribution < 1.29 is 44.3 Å². The number of methoxy groups -OCH3 is 1. The van der Waals surface area contributed by atoms with Crippen molar-refractivity contribution in [3.8, 4) is 40.9 Å². The average Bonchev–Trinajstić information content (AvgIpc) is 3.64. The van der Waals surface area contributed by atoms with Gasteiger partial charge in [-0.3, -0.25) is 9.59 Å². The molecule has 2 aromatic carbocycles. The van der Waals surface area contributed by atoms with Crippen LogP contribution in [0.1, 0.15) is 44.3 Å². The number of hydrogen-bond donors (Lipinski definition) is 5. The number of aliphatic carboxylic acids is 1. The number of carboxylic acids is 1. The first-order chi connectivity index (χ1) is 19.1. The van der Waals surface area contributed by atoms with Crippen LogP contribution in [0.2, 0.25) is 0 Å². The molecule has 198 valence electrons. The van der Waals surface area contributed by atoms with Crippen molar-refractivity contribution in [2.75, 3.05) is 12.4 Å². The van der Waals surface area contributed by atoms with Gasteiger partial charge in [0, 0.05) is 11.5 Å². The summed E-state index contributed by atoms with van der Waals surface area (Å²) < 4.78 is 12.2. The Labute approximate surface area is 226 Å². The van der Waals surface area contributed by atoms with Gasteiger partial charge >= 0.3 is 5.97 Å². The summed E-state index contributed by atoms with van der Waals surface area (Å²) >= 11 is 0. The van der Waals surface area contributed by atoms with Gasteiger partial charge in [-0.2, -0.15) is 0 Å². The van der Waals surface area contributed by atoms with Gasteiger partial charge in [0.2, 0.25) is 11.6 Å². The van der Waals surface area contributed by atoms with Crippen molar-refractivity contribution >= 4 is 23.2 Å². The second kappa shape index (κ2) is 7.47. The molecule has 5 aliphatic rings. The molecule has 0 aromatic heterocycles. The fraction of sp³-hybridized carbons (Fsp3) is 0.233. The van der Waals surface area contributed by atoms with Crippen molar-refractivity contribution in [2.45, 2.75) is 24.2 Å². The topological polar surface area (TPSA) is 166 Å². The van der Waals surface area contributed by atoms with Crippen LogP contribution in [0.4, 0.5) is 5.69 Å². The molecule has 3 aliphatic carbocycles. The van der Waals surface area contributed by atoms with E-state index in [-0.39, 0.29) is 33.7 Å². The van der Waals surface area contributed by atoms with Crippen LogP contribution in [0.15, 0.2) is 41.7 Å². The van der Waals surface area contributed by atoms with Crippen LogP contribution in [0.25, 0.3) is 0 Å². The number of carboxylic acid groups (broad SMARTS) is 1. The molecule has 0 amide bonds. The second-order valence-corrected chi connectivity index (χ2v) is 10.1. The molecule has 2 aromatic rings. The number of aromatic hydroxyl groups is 3. The Morgan fingerprint density at radius 2 is 1.57 bits per heavy atom. The Morgan fingerprint density at radius 3 is 2.20 bits per heavy atom. The van der Waals surface area contributed by atoms with E-state index in [0.29, 0.717) is 0 Å². The van der Waals surface area contributed by atoms with Crippen LogP contribution < -0.4 is 5.32 Å². The molecule has 1 fully saturated rings. The number of rotatable bonds is 2. The third kappa shape index (κ3) is 2.48. The average molecular weight is 537 g/mol. The number of carbonyl (C=O) groups excluding carboxylic acids is 2. The molecule has 2 aliphatic heterocycles. The van der Waals surface area contributed by atoms with Crippen LogP contribution in [-0.2, 0) is 19.9 Å². The lowest BCUT2D eigenvalue weighted by molar-refractivity contribution is -0.134. The zero-order valence-electron chi connectivity index (χ0n) is 20.9. The van der Waals surface area contributed by atoms with E-state index >= 15 is 0 Å². The summed E-state index contributed by atoms with van der Waals surface area (Å²) in [6.45, 7) is 1.68. The van der Waals surface area contributed by atoms with E-state index in [1.807, 2.05) is 0 Å². The number of ether oxygens (including phenoxy) is 2. The van der Waals surface area contributed by atoms with Crippen molar-refractivity contribution in [1.82, 2.24) is 0 Å². The molecule has 7 rings (SSSR count). The zero-order valence-corrected chi connectivity index (χ0v) is 20.9. The predicted octanol–water partition coefficient (Wildman–Crippen LogP) is 2.16. The number of carbonyl (C=O) groups is 3. The molecule has 1 saturated heterocycles. The van der Waals surface area contributed by atoms with Gasteiger partial charge in [0.05, 0.1) is 40.6 Å². The van der Waals surface area contributed by atoms with Gasteiger partial charge < -0.3 is 35.2 Å². The summed E-state index contributed by atoms with van der Waals surface area (Å²) in [5.41, 5.74) is -3.72. The van der Waals surface area contributed by atoms with Gasteiger partial charge in [0.15, 0.2) is 0 Å². The summed E-state index contributed by atoms with van der Waals surface area (Å²) in [7, 11) is 1.34. The lowest BCUT2D eigenvalue weighted by atomic mass is 9.59. The number of allylic oxidation sites excluding steroid dienone is 2. The predicted molar refractivity (Wildman–Crippen MR) is 137 cm³/mol. The van der Waals surface area contributed by atoms with Gasteiger partial charge in [-0.05, 0) is 30.4 Å². The van der Waals surface area contributed by atoms with E-state index in [1.165, 1.54) is 25.3 Å². The van der Waals surface area contributed by atoms with E-state index in [0.717, 1.165) is 12.1 Å². The maximum absolute atomic E-state index is 13.9. The van der Waals surface area contributed by atoms with Crippen molar-refractivity contribution in [3.05, 3.63) is 69.5 Å². The van der Waals surface area contributed by atoms with E-state index in [9.17, 15) is 34.8 Å². The van der Waals surface area contributed by atoms with Crippen LogP contribution >= 0.6 is 0 Å². The smallest absolute Gasteiger partial charge is 0.335 e. The summed E-state index contributed by atoms with van der Waals surface area (Å²) in [6.07, 6.45) is 3.04. The fourth-order valence-corrected chi connectivity index (χ4v) is 6.93. The molecule has 5 N–H and O–H groups in total. The highest BCUT2D eigenvalue weighted by Crippen LogP contribution is 2.74. The number of phenolic OH excluding ortho intramolecular Hbond substituents is 3. The van der Waals surface area contributed by atoms with Gasteiger partial charge in [-0.1, -0.05) is 30.6 Å². The van der Waals surface area contributed by atoms with Crippen LogP contribution in [-0.4, -0.2) is 56.7 Å². The number of benzene rings is 2. The van der Waals surface area contributed by atoms with Crippen LogP contribution in [0, 0.1) is 35.5 Å². The van der Waals surface area contributed by atoms with Crippen LogP contribution in [0.5, 0.6) is 17.2 Å². The van der Waals surface area contributed by atoms with Gasteiger partial charge in [-0.25, -0.2) is 4.79 Å². The molecule has 2 heterocycles. The Morgan fingerprint density at radius 1 is 0.975 bits per heavy atom. The Hall–Kier alpha value is -5.19. The Bertz CT molecular complexity index is 1850. The Kier molecular flexibility index (Phi) is 4.46.